The maximum absolute atomic E-state index is 11.4. The number of aromatic amines is 1. The Morgan fingerprint density at radius 3 is 2.78 bits per heavy atom. The van der Waals surface area contributed by atoms with Crippen molar-refractivity contribution in [3.05, 3.63) is 52.3 Å². The summed E-state index contributed by atoms with van der Waals surface area (Å²) < 4.78 is 0. The number of rotatable bonds is 4. The zero-order valence-electron chi connectivity index (χ0n) is 10.5. The van der Waals surface area contributed by atoms with E-state index in [1.807, 2.05) is 26.0 Å². The Morgan fingerprint density at radius 1 is 1.39 bits per heavy atom. The molecule has 2 aromatic heterocycles. The van der Waals surface area contributed by atoms with Crippen LogP contribution < -0.4 is 10.9 Å². The molecule has 0 aromatic carbocycles. The van der Waals surface area contributed by atoms with Gasteiger partial charge in [-0.15, -0.1) is 0 Å². The van der Waals surface area contributed by atoms with Gasteiger partial charge < -0.3 is 10.3 Å². The van der Waals surface area contributed by atoms with Gasteiger partial charge >= 0.3 is 0 Å². The second kappa shape index (κ2) is 5.44. The van der Waals surface area contributed by atoms with E-state index in [1.54, 1.807) is 12.4 Å². The highest BCUT2D eigenvalue weighted by molar-refractivity contribution is 5.36. The number of H-pyrrole nitrogens is 1. The van der Waals surface area contributed by atoms with Gasteiger partial charge in [-0.05, 0) is 24.6 Å². The minimum absolute atomic E-state index is 0.0759. The minimum atomic E-state index is -0.133. The van der Waals surface area contributed by atoms with Crippen molar-refractivity contribution in [2.75, 3.05) is 5.32 Å². The molecule has 0 spiro atoms. The first-order valence-corrected chi connectivity index (χ1v) is 5.95. The lowest BCUT2D eigenvalue weighted by Crippen LogP contribution is -2.15. The quantitative estimate of drug-likeness (QED) is 0.861. The lowest BCUT2D eigenvalue weighted by Gasteiger charge is -2.14. The number of pyridine rings is 1. The molecule has 5 heteroatoms. The third kappa shape index (κ3) is 2.94. The predicted octanol–water partition coefficient (Wildman–Crippen LogP) is 1.90. The fourth-order valence-corrected chi connectivity index (χ4v) is 1.71. The van der Waals surface area contributed by atoms with Crippen LogP contribution in [-0.4, -0.2) is 15.0 Å². The van der Waals surface area contributed by atoms with Crippen LogP contribution in [0.5, 0.6) is 0 Å². The highest BCUT2D eigenvalue weighted by Crippen LogP contribution is 2.15. The zero-order chi connectivity index (χ0) is 13.0. The number of nitrogens with one attached hydrogen (secondary N) is 2. The van der Waals surface area contributed by atoms with Crippen molar-refractivity contribution in [1.82, 2.24) is 15.0 Å². The Kier molecular flexibility index (Phi) is 3.72. The molecule has 0 saturated heterocycles. The van der Waals surface area contributed by atoms with Crippen molar-refractivity contribution in [3.63, 3.8) is 0 Å². The molecule has 1 atom stereocenters. The summed E-state index contributed by atoms with van der Waals surface area (Å²) in [5, 5.41) is 3.21. The zero-order valence-corrected chi connectivity index (χ0v) is 10.5. The molecule has 0 bridgehead atoms. The van der Waals surface area contributed by atoms with Gasteiger partial charge in [-0.3, -0.25) is 9.78 Å². The van der Waals surface area contributed by atoms with Gasteiger partial charge in [0.25, 0.3) is 5.56 Å². The van der Waals surface area contributed by atoms with Gasteiger partial charge in [-0.25, -0.2) is 4.98 Å². The summed E-state index contributed by atoms with van der Waals surface area (Å²) in [6, 6.07) is 5.42. The topological polar surface area (TPSA) is 70.7 Å². The van der Waals surface area contributed by atoms with Crippen molar-refractivity contribution < 1.29 is 0 Å². The fourth-order valence-electron chi connectivity index (χ4n) is 1.71. The van der Waals surface area contributed by atoms with Crippen LogP contribution in [0.1, 0.15) is 31.3 Å². The molecule has 2 heterocycles. The van der Waals surface area contributed by atoms with E-state index in [2.05, 4.69) is 20.3 Å². The van der Waals surface area contributed by atoms with E-state index in [1.165, 1.54) is 6.07 Å². The summed E-state index contributed by atoms with van der Waals surface area (Å²) >= 11 is 0. The Labute approximate surface area is 105 Å². The minimum Gasteiger partial charge on any atom is -0.363 e. The first-order valence-electron chi connectivity index (χ1n) is 5.95. The predicted molar refractivity (Wildman–Crippen MR) is 70.5 cm³/mol. The summed E-state index contributed by atoms with van der Waals surface area (Å²) in [4.78, 5) is 22.4. The molecule has 18 heavy (non-hydrogen) atoms. The number of hydrogen-bond donors (Lipinski definition) is 2. The lowest BCUT2D eigenvalue weighted by molar-refractivity contribution is 0.849. The van der Waals surface area contributed by atoms with E-state index in [-0.39, 0.29) is 11.6 Å². The van der Waals surface area contributed by atoms with Gasteiger partial charge in [-0.2, -0.15) is 0 Å². The Morgan fingerprint density at radius 2 is 2.11 bits per heavy atom. The third-order valence-corrected chi connectivity index (χ3v) is 2.70. The molecule has 0 aliphatic carbocycles. The molecular formula is C13H16N4O. The van der Waals surface area contributed by atoms with Gasteiger partial charge in [0.15, 0.2) is 0 Å². The first kappa shape index (κ1) is 12.3. The third-order valence-electron chi connectivity index (χ3n) is 2.70. The van der Waals surface area contributed by atoms with Crippen LogP contribution in [-0.2, 0) is 6.42 Å². The van der Waals surface area contributed by atoms with E-state index < -0.39 is 0 Å². The standard InChI is InChI=1S/C13H16N4O/c1-3-11-16-12(8-13(18)17-11)15-9(2)10-4-6-14-7-5-10/h4-9H,3H2,1-2H3,(H2,15,16,17,18). The monoisotopic (exact) mass is 244 g/mol. The summed E-state index contributed by atoms with van der Waals surface area (Å²) in [7, 11) is 0. The molecule has 0 fully saturated rings. The number of aryl methyl sites for hydroxylation is 1. The molecular weight excluding hydrogens is 228 g/mol. The van der Waals surface area contributed by atoms with Crippen LogP contribution >= 0.6 is 0 Å². The molecule has 2 aromatic rings. The molecule has 2 N–H and O–H groups in total. The molecule has 94 valence electrons. The summed E-state index contributed by atoms with van der Waals surface area (Å²) in [6.07, 6.45) is 4.20. The molecule has 1 unspecified atom stereocenters. The smallest absolute Gasteiger partial charge is 0.252 e. The summed E-state index contributed by atoms with van der Waals surface area (Å²) in [5.74, 6) is 1.28. The second-order valence-electron chi connectivity index (χ2n) is 4.08. The van der Waals surface area contributed by atoms with Crippen molar-refractivity contribution in [1.29, 1.82) is 0 Å². The highest BCUT2D eigenvalue weighted by Gasteiger charge is 2.06. The van der Waals surface area contributed by atoms with Crippen LogP contribution in [0.15, 0.2) is 35.4 Å². The maximum Gasteiger partial charge on any atom is 0.252 e. The van der Waals surface area contributed by atoms with Gasteiger partial charge in [-0.1, -0.05) is 6.92 Å². The van der Waals surface area contributed by atoms with E-state index in [4.69, 9.17) is 0 Å². The van der Waals surface area contributed by atoms with Crippen LogP contribution in [0.25, 0.3) is 0 Å². The molecule has 0 saturated carbocycles. The van der Waals surface area contributed by atoms with Gasteiger partial charge in [0, 0.05) is 24.9 Å². The van der Waals surface area contributed by atoms with Crippen LogP contribution in [0.4, 0.5) is 5.82 Å². The van der Waals surface area contributed by atoms with Crippen molar-refractivity contribution >= 4 is 5.82 Å². The lowest BCUT2D eigenvalue weighted by atomic mass is 10.1. The van der Waals surface area contributed by atoms with Crippen LogP contribution in [0.3, 0.4) is 0 Å². The van der Waals surface area contributed by atoms with Crippen LogP contribution in [0, 0.1) is 0 Å². The molecule has 0 aliphatic rings. The maximum atomic E-state index is 11.4. The highest BCUT2D eigenvalue weighted by atomic mass is 16.1. The number of hydrogen-bond acceptors (Lipinski definition) is 4. The van der Waals surface area contributed by atoms with Crippen molar-refractivity contribution in [2.45, 2.75) is 26.3 Å². The first-order chi connectivity index (χ1) is 8.69. The van der Waals surface area contributed by atoms with Crippen molar-refractivity contribution in [3.8, 4) is 0 Å². The average Bonchev–Trinajstić information content (AvgIpc) is 2.39. The number of anilines is 1. The Hall–Kier alpha value is -2.17. The van der Waals surface area contributed by atoms with Gasteiger partial charge in [0.2, 0.25) is 0 Å². The summed E-state index contributed by atoms with van der Waals surface area (Å²) in [6.45, 7) is 3.97. The average molecular weight is 244 g/mol. The summed E-state index contributed by atoms with van der Waals surface area (Å²) in [5.41, 5.74) is 0.969. The molecule has 0 aliphatic heterocycles. The number of aromatic nitrogens is 3. The largest absolute Gasteiger partial charge is 0.363 e. The van der Waals surface area contributed by atoms with E-state index in [9.17, 15) is 4.79 Å². The van der Waals surface area contributed by atoms with E-state index in [0.29, 0.717) is 18.1 Å². The SMILES string of the molecule is CCc1nc(NC(C)c2ccncc2)cc(=O)[nH]1. The van der Waals surface area contributed by atoms with Crippen molar-refractivity contribution in [2.24, 2.45) is 0 Å². The number of nitrogens with zero attached hydrogens (tertiary/aromatic N) is 2. The van der Waals surface area contributed by atoms with Gasteiger partial charge in [0.1, 0.15) is 11.6 Å². The normalized spacial score (nSPS) is 12.1. The molecule has 5 nitrogen and oxygen atoms in total. The second-order valence-corrected chi connectivity index (χ2v) is 4.08. The van der Waals surface area contributed by atoms with E-state index in [0.717, 1.165) is 5.56 Å². The molecule has 0 radical (unpaired) electrons. The fraction of sp³-hybridized carbons (Fsp3) is 0.308. The molecule has 0 amide bonds. The van der Waals surface area contributed by atoms with E-state index >= 15 is 0 Å². The molecule has 2 rings (SSSR count). The Bertz CT molecular complexity index is 565. The van der Waals surface area contributed by atoms with Gasteiger partial charge in [0.05, 0.1) is 6.04 Å². The van der Waals surface area contributed by atoms with Crippen LogP contribution in [0.2, 0.25) is 0 Å². The Balaban J connectivity index is 2.19.